The van der Waals surface area contributed by atoms with Gasteiger partial charge in [0, 0.05) is 9.86 Å². The Morgan fingerprint density at radius 2 is 1.82 bits per heavy atom. The molecule has 110 valence electrons. The van der Waals surface area contributed by atoms with Gasteiger partial charge in [-0.3, -0.25) is 0 Å². The van der Waals surface area contributed by atoms with Gasteiger partial charge in [0.2, 0.25) is 0 Å². The van der Waals surface area contributed by atoms with E-state index >= 15 is 0 Å². The summed E-state index contributed by atoms with van der Waals surface area (Å²) in [7, 11) is 0. The first-order chi connectivity index (χ1) is 10.6. The fourth-order valence-corrected chi connectivity index (χ4v) is 2.66. The number of fused-ring (bicyclic) bond motifs is 1. The molecular weight excluding hydrogens is 344 g/mol. The predicted molar refractivity (Wildman–Crippen MR) is 89.4 cm³/mol. The first-order valence-electron chi connectivity index (χ1n) is 6.77. The minimum absolute atomic E-state index is 0.216. The molecule has 0 radical (unpaired) electrons. The van der Waals surface area contributed by atoms with Crippen LogP contribution < -0.4 is 4.74 Å². The van der Waals surface area contributed by atoms with Crippen molar-refractivity contribution >= 4 is 32.7 Å². The van der Waals surface area contributed by atoms with Gasteiger partial charge in [0.15, 0.2) is 0 Å². The molecule has 0 atom stereocenters. The monoisotopic (exact) mass is 356 g/mol. The van der Waals surface area contributed by atoms with E-state index in [-0.39, 0.29) is 5.56 Å². The standard InChI is InChI=1S/C18H13BrO3/c19-15-6-7-16-13(9-15)8-14(18(20)21)10-17(16)22-11-12-4-2-1-3-5-12/h1-10H,11H2,(H,20,21). The molecule has 0 aliphatic heterocycles. The van der Waals surface area contributed by atoms with Crippen molar-refractivity contribution in [1.29, 1.82) is 0 Å². The molecule has 3 rings (SSSR count). The van der Waals surface area contributed by atoms with Crippen molar-refractivity contribution in [2.24, 2.45) is 0 Å². The number of ether oxygens (including phenoxy) is 1. The van der Waals surface area contributed by atoms with Crippen molar-refractivity contribution in [3.63, 3.8) is 0 Å². The molecule has 0 spiro atoms. The quantitative estimate of drug-likeness (QED) is 0.724. The van der Waals surface area contributed by atoms with E-state index < -0.39 is 5.97 Å². The van der Waals surface area contributed by atoms with E-state index in [0.29, 0.717) is 12.4 Å². The van der Waals surface area contributed by atoms with Gasteiger partial charge >= 0.3 is 5.97 Å². The Bertz CT molecular complexity index is 828. The molecular formula is C18H13BrO3. The molecule has 0 fully saturated rings. The number of halogens is 1. The van der Waals surface area contributed by atoms with Gasteiger partial charge < -0.3 is 9.84 Å². The third-order valence-electron chi connectivity index (χ3n) is 3.36. The first kappa shape index (κ1) is 14.6. The van der Waals surface area contributed by atoms with Crippen LogP contribution in [0.3, 0.4) is 0 Å². The number of hydrogen-bond donors (Lipinski definition) is 1. The van der Waals surface area contributed by atoms with Gasteiger partial charge in [-0.05, 0) is 41.3 Å². The number of rotatable bonds is 4. The maximum atomic E-state index is 11.3. The Labute approximate surface area is 136 Å². The number of carboxylic acid groups (broad SMARTS) is 1. The van der Waals surface area contributed by atoms with Gasteiger partial charge in [0.25, 0.3) is 0 Å². The van der Waals surface area contributed by atoms with Crippen molar-refractivity contribution < 1.29 is 14.6 Å². The van der Waals surface area contributed by atoms with E-state index in [1.54, 1.807) is 12.1 Å². The van der Waals surface area contributed by atoms with Gasteiger partial charge in [-0.15, -0.1) is 0 Å². The van der Waals surface area contributed by atoms with Gasteiger partial charge in [0.1, 0.15) is 12.4 Å². The van der Waals surface area contributed by atoms with Crippen molar-refractivity contribution in [2.45, 2.75) is 6.61 Å². The molecule has 3 aromatic rings. The summed E-state index contributed by atoms with van der Waals surface area (Å²) >= 11 is 3.41. The average molecular weight is 357 g/mol. The number of aromatic carboxylic acids is 1. The summed E-state index contributed by atoms with van der Waals surface area (Å²) in [4.78, 5) is 11.3. The van der Waals surface area contributed by atoms with E-state index in [4.69, 9.17) is 4.74 Å². The van der Waals surface area contributed by atoms with Crippen LogP contribution in [0.25, 0.3) is 10.8 Å². The minimum Gasteiger partial charge on any atom is -0.488 e. The largest absolute Gasteiger partial charge is 0.488 e. The topological polar surface area (TPSA) is 46.5 Å². The van der Waals surface area contributed by atoms with E-state index in [2.05, 4.69) is 15.9 Å². The van der Waals surface area contributed by atoms with Gasteiger partial charge in [-0.2, -0.15) is 0 Å². The van der Waals surface area contributed by atoms with Crippen LogP contribution in [0.2, 0.25) is 0 Å². The van der Waals surface area contributed by atoms with Crippen LogP contribution in [-0.4, -0.2) is 11.1 Å². The second-order valence-corrected chi connectivity index (χ2v) is 5.83. The highest BCUT2D eigenvalue weighted by atomic mass is 79.9. The van der Waals surface area contributed by atoms with Gasteiger partial charge in [-0.25, -0.2) is 4.79 Å². The second kappa shape index (κ2) is 6.20. The van der Waals surface area contributed by atoms with Crippen LogP contribution in [0.15, 0.2) is 65.1 Å². The Morgan fingerprint density at radius 1 is 1.05 bits per heavy atom. The van der Waals surface area contributed by atoms with Crippen LogP contribution in [0.1, 0.15) is 15.9 Å². The van der Waals surface area contributed by atoms with Crippen molar-refractivity contribution in [3.8, 4) is 5.75 Å². The molecule has 22 heavy (non-hydrogen) atoms. The summed E-state index contributed by atoms with van der Waals surface area (Å²) in [6, 6.07) is 18.7. The van der Waals surface area contributed by atoms with E-state index in [1.807, 2.05) is 48.5 Å². The van der Waals surface area contributed by atoms with Gasteiger partial charge in [-0.1, -0.05) is 46.3 Å². The first-order valence-corrected chi connectivity index (χ1v) is 7.56. The lowest BCUT2D eigenvalue weighted by molar-refractivity contribution is 0.0696. The molecule has 0 saturated carbocycles. The fourth-order valence-electron chi connectivity index (χ4n) is 2.28. The molecule has 0 aromatic heterocycles. The lowest BCUT2D eigenvalue weighted by Gasteiger charge is -2.11. The summed E-state index contributed by atoms with van der Waals surface area (Å²) in [6.07, 6.45) is 0. The normalized spacial score (nSPS) is 10.6. The summed E-state index contributed by atoms with van der Waals surface area (Å²) < 4.78 is 6.76. The fraction of sp³-hybridized carbons (Fsp3) is 0.0556. The zero-order valence-corrected chi connectivity index (χ0v) is 13.2. The summed E-state index contributed by atoms with van der Waals surface area (Å²) in [6.45, 7) is 0.398. The Kier molecular flexibility index (Phi) is 4.11. The molecule has 0 bridgehead atoms. The highest BCUT2D eigenvalue weighted by Gasteiger charge is 2.10. The zero-order valence-electron chi connectivity index (χ0n) is 11.6. The Balaban J connectivity index is 2.01. The van der Waals surface area contributed by atoms with Gasteiger partial charge in [0.05, 0.1) is 5.56 Å². The van der Waals surface area contributed by atoms with Crippen LogP contribution in [0.4, 0.5) is 0 Å². The lowest BCUT2D eigenvalue weighted by atomic mass is 10.1. The zero-order chi connectivity index (χ0) is 15.5. The minimum atomic E-state index is -0.966. The van der Waals surface area contributed by atoms with E-state index in [0.717, 1.165) is 20.8 Å². The third kappa shape index (κ3) is 3.12. The summed E-state index contributed by atoms with van der Waals surface area (Å²) in [5.74, 6) is -0.391. The lowest BCUT2D eigenvalue weighted by Crippen LogP contribution is -2.00. The number of carbonyl (C=O) groups is 1. The average Bonchev–Trinajstić information content (AvgIpc) is 2.52. The van der Waals surface area contributed by atoms with Crippen molar-refractivity contribution in [2.75, 3.05) is 0 Å². The summed E-state index contributed by atoms with van der Waals surface area (Å²) in [5, 5.41) is 11.0. The maximum Gasteiger partial charge on any atom is 0.335 e. The second-order valence-electron chi connectivity index (χ2n) is 4.92. The predicted octanol–water partition coefficient (Wildman–Crippen LogP) is 4.88. The van der Waals surface area contributed by atoms with Crippen molar-refractivity contribution in [3.05, 3.63) is 76.3 Å². The molecule has 0 aliphatic carbocycles. The number of benzene rings is 3. The highest BCUT2D eigenvalue weighted by molar-refractivity contribution is 9.10. The molecule has 0 heterocycles. The molecule has 0 aliphatic rings. The third-order valence-corrected chi connectivity index (χ3v) is 3.85. The molecule has 0 unspecified atom stereocenters. The Morgan fingerprint density at radius 3 is 2.55 bits per heavy atom. The smallest absolute Gasteiger partial charge is 0.335 e. The Hall–Kier alpha value is -2.33. The van der Waals surface area contributed by atoms with Crippen LogP contribution in [0, 0.1) is 0 Å². The van der Waals surface area contributed by atoms with Crippen molar-refractivity contribution in [1.82, 2.24) is 0 Å². The molecule has 0 amide bonds. The number of carboxylic acids is 1. The van der Waals surface area contributed by atoms with E-state index in [1.165, 1.54) is 0 Å². The highest BCUT2D eigenvalue weighted by Crippen LogP contribution is 2.30. The van der Waals surface area contributed by atoms with Crippen LogP contribution in [-0.2, 0) is 6.61 Å². The molecule has 4 heteroatoms. The molecule has 0 saturated heterocycles. The SMILES string of the molecule is O=C(O)c1cc(OCc2ccccc2)c2ccc(Br)cc2c1. The van der Waals surface area contributed by atoms with Crippen LogP contribution >= 0.6 is 15.9 Å². The maximum absolute atomic E-state index is 11.3. The molecule has 1 N–H and O–H groups in total. The number of hydrogen-bond acceptors (Lipinski definition) is 2. The van der Waals surface area contributed by atoms with E-state index in [9.17, 15) is 9.90 Å². The molecule has 3 nitrogen and oxygen atoms in total. The summed E-state index contributed by atoms with van der Waals surface area (Å²) in [5.41, 5.74) is 1.25. The van der Waals surface area contributed by atoms with Crippen LogP contribution in [0.5, 0.6) is 5.75 Å². The molecule has 3 aromatic carbocycles.